The van der Waals surface area contributed by atoms with Crippen LogP contribution in [-0.4, -0.2) is 26.0 Å². The van der Waals surface area contributed by atoms with E-state index in [1.54, 1.807) is 32.6 Å². The number of imidazole rings is 1. The number of aryl methyl sites for hydroxylation is 1. The first-order chi connectivity index (χ1) is 9.59. The van der Waals surface area contributed by atoms with Crippen molar-refractivity contribution in [2.75, 3.05) is 6.54 Å². The zero-order chi connectivity index (χ0) is 14.5. The molecule has 1 N–H and O–H groups in total. The molecule has 0 bridgehead atoms. The van der Waals surface area contributed by atoms with Crippen LogP contribution in [0.1, 0.15) is 16.8 Å². The predicted molar refractivity (Wildman–Crippen MR) is 74.3 cm³/mol. The van der Waals surface area contributed by atoms with Crippen molar-refractivity contribution in [3.63, 3.8) is 0 Å². The molecule has 20 heavy (non-hydrogen) atoms. The van der Waals surface area contributed by atoms with Crippen LogP contribution in [0.25, 0.3) is 0 Å². The van der Waals surface area contributed by atoms with Gasteiger partial charge in [0.15, 0.2) is 0 Å². The van der Waals surface area contributed by atoms with Crippen molar-refractivity contribution in [1.29, 1.82) is 0 Å². The summed E-state index contributed by atoms with van der Waals surface area (Å²) < 4.78 is 1.96. The number of nitrogens with zero attached hydrogens (tertiary/aromatic N) is 4. The second-order valence-electron chi connectivity index (χ2n) is 4.60. The highest BCUT2D eigenvalue weighted by molar-refractivity contribution is 5.47. The van der Waals surface area contributed by atoms with E-state index in [0.717, 1.165) is 13.1 Å². The van der Waals surface area contributed by atoms with Gasteiger partial charge in [0.2, 0.25) is 0 Å². The maximum atomic E-state index is 11.0. The van der Waals surface area contributed by atoms with Crippen LogP contribution in [0, 0.1) is 24.0 Å². The maximum absolute atomic E-state index is 11.0. The van der Waals surface area contributed by atoms with Crippen molar-refractivity contribution in [3.05, 3.63) is 51.9 Å². The Labute approximate surface area is 116 Å². The van der Waals surface area contributed by atoms with Gasteiger partial charge < -0.3 is 9.88 Å². The van der Waals surface area contributed by atoms with E-state index in [0.29, 0.717) is 23.4 Å². The number of nitrogens with one attached hydrogen (secondary N) is 1. The Bertz CT molecular complexity index is 595. The number of nitro groups is 1. The lowest BCUT2D eigenvalue weighted by atomic mass is 10.1. The van der Waals surface area contributed by atoms with E-state index in [1.807, 2.05) is 10.8 Å². The molecule has 0 fully saturated rings. The SMILES string of the molecule is Cc1cnc(CNCCn2ccnc2)c(C)c1[N+](=O)[O-]. The fourth-order valence-corrected chi connectivity index (χ4v) is 2.06. The first-order valence-corrected chi connectivity index (χ1v) is 6.35. The molecule has 7 heteroatoms. The van der Waals surface area contributed by atoms with Crippen LogP contribution in [0.3, 0.4) is 0 Å². The maximum Gasteiger partial charge on any atom is 0.278 e. The van der Waals surface area contributed by atoms with Gasteiger partial charge in [-0.05, 0) is 13.8 Å². The summed E-state index contributed by atoms with van der Waals surface area (Å²) in [7, 11) is 0. The van der Waals surface area contributed by atoms with E-state index in [9.17, 15) is 10.1 Å². The third kappa shape index (κ3) is 3.18. The molecule has 0 aliphatic rings. The Morgan fingerprint density at radius 1 is 1.45 bits per heavy atom. The summed E-state index contributed by atoms with van der Waals surface area (Å²) in [5.74, 6) is 0. The van der Waals surface area contributed by atoms with Crippen LogP contribution in [0.15, 0.2) is 24.9 Å². The van der Waals surface area contributed by atoms with Gasteiger partial charge in [-0.3, -0.25) is 15.1 Å². The van der Waals surface area contributed by atoms with Crippen LogP contribution in [0.4, 0.5) is 5.69 Å². The quantitative estimate of drug-likeness (QED) is 0.491. The van der Waals surface area contributed by atoms with Gasteiger partial charge in [-0.1, -0.05) is 0 Å². The topological polar surface area (TPSA) is 85.9 Å². The van der Waals surface area contributed by atoms with E-state index in [1.165, 1.54) is 0 Å². The third-order valence-corrected chi connectivity index (χ3v) is 3.16. The van der Waals surface area contributed by atoms with Gasteiger partial charge in [0, 0.05) is 49.4 Å². The second-order valence-corrected chi connectivity index (χ2v) is 4.60. The normalized spacial score (nSPS) is 10.7. The Morgan fingerprint density at radius 3 is 2.90 bits per heavy atom. The fourth-order valence-electron chi connectivity index (χ4n) is 2.06. The summed E-state index contributed by atoms with van der Waals surface area (Å²) >= 11 is 0. The summed E-state index contributed by atoms with van der Waals surface area (Å²) in [6, 6.07) is 0. The molecule has 2 rings (SSSR count). The monoisotopic (exact) mass is 275 g/mol. The summed E-state index contributed by atoms with van der Waals surface area (Å²) in [6.07, 6.45) is 6.93. The molecule has 0 unspecified atom stereocenters. The van der Waals surface area contributed by atoms with Crippen LogP contribution in [0.5, 0.6) is 0 Å². The molecule has 0 aliphatic carbocycles. The molecule has 0 amide bonds. The van der Waals surface area contributed by atoms with Crippen LogP contribution in [0.2, 0.25) is 0 Å². The van der Waals surface area contributed by atoms with Gasteiger partial charge >= 0.3 is 0 Å². The largest absolute Gasteiger partial charge is 0.336 e. The molecule has 2 aromatic heterocycles. The predicted octanol–water partition coefficient (Wildman–Crippen LogP) is 1.59. The molecule has 0 spiro atoms. The molecular formula is C13H17N5O2. The minimum atomic E-state index is -0.346. The van der Waals surface area contributed by atoms with Crippen LogP contribution < -0.4 is 5.32 Å². The molecule has 0 saturated carbocycles. The molecule has 2 aromatic rings. The Balaban J connectivity index is 1.96. The van der Waals surface area contributed by atoms with Crippen LogP contribution in [-0.2, 0) is 13.1 Å². The van der Waals surface area contributed by atoms with E-state index in [-0.39, 0.29) is 10.6 Å². The lowest BCUT2D eigenvalue weighted by molar-refractivity contribution is -0.386. The van der Waals surface area contributed by atoms with Crippen molar-refractivity contribution in [1.82, 2.24) is 19.9 Å². The highest BCUT2D eigenvalue weighted by atomic mass is 16.6. The lowest BCUT2D eigenvalue weighted by Crippen LogP contribution is -2.20. The van der Waals surface area contributed by atoms with E-state index in [2.05, 4.69) is 15.3 Å². The molecule has 2 heterocycles. The summed E-state index contributed by atoms with van der Waals surface area (Å²) in [6.45, 7) is 5.51. The number of pyridine rings is 1. The van der Waals surface area contributed by atoms with Gasteiger partial charge in [-0.2, -0.15) is 0 Å². The van der Waals surface area contributed by atoms with Gasteiger partial charge in [0.1, 0.15) is 0 Å². The average Bonchev–Trinajstić information content (AvgIpc) is 2.89. The highest BCUT2D eigenvalue weighted by Gasteiger charge is 2.18. The van der Waals surface area contributed by atoms with Gasteiger partial charge in [0.25, 0.3) is 5.69 Å². The molecule has 7 nitrogen and oxygen atoms in total. The average molecular weight is 275 g/mol. The molecule has 0 radical (unpaired) electrons. The van der Waals surface area contributed by atoms with Crippen LogP contribution >= 0.6 is 0 Å². The molecule has 0 aromatic carbocycles. The molecular weight excluding hydrogens is 258 g/mol. The Hall–Kier alpha value is -2.28. The number of rotatable bonds is 6. The van der Waals surface area contributed by atoms with E-state index < -0.39 is 0 Å². The fraction of sp³-hybridized carbons (Fsp3) is 0.385. The highest BCUT2D eigenvalue weighted by Crippen LogP contribution is 2.23. The van der Waals surface area contributed by atoms with Gasteiger partial charge in [-0.25, -0.2) is 4.98 Å². The lowest BCUT2D eigenvalue weighted by Gasteiger charge is -2.09. The molecule has 0 aliphatic heterocycles. The minimum absolute atomic E-state index is 0.159. The third-order valence-electron chi connectivity index (χ3n) is 3.16. The second kappa shape index (κ2) is 6.25. The summed E-state index contributed by atoms with van der Waals surface area (Å²) in [5.41, 5.74) is 2.10. The molecule has 0 atom stereocenters. The Kier molecular flexibility index (Phi) is 4.41. The smallest absolute Gasteiger partial charge is 0.278 e. The Morgan fingerprint density at radius 2 is 2.25 bits per heavy atom. The van der Waals surface area contributed by atoms with Crippen molar-refractivity contribution in [3.8, 4) is 0 Å². The number of aromatic nitrogens is 3. The zero-order valence-corrected chi connectivity index (χ0v) is 11.5. The van der Waals surface area contributed by atoms with Gasteiger partial charge in [0.05, 0.1) is 16.9 Å². The van der Waals surface area contributed by atoms with Crippen molar-refractivity contribution in [2.45, 2.75) is 26.9 Å². The van der Waals surface area contributed by atoms with Crippen molar-refractivity contribution >= 4 is 5.69 Å². The van der Waals surface area contributed by atoms with Gasteiger partial charge in [-0.15, -0.1) is 0 Å². The standard InChI is InChI=1S/C13H17N5O2/c1-10-7-16-12(11(2)13(10)18(19)20)8-14-3-5-17-6-4-15-9-17/h4,6-7,9,14H,3,5,8H2,1-2H3. The number of hydrogen-bond donors (Lipinski definition) is 1. The summed E-state index contributed by atoms with van der Waals surface area (Å²) in [5, 5.41) is 14.3. The van der Waals surface area contributed by atoms with Crippen molar-refractivity contribution in [2.24, 2.45) is 0 Å². The molecule has 0 saturated heterocycles. The van der Waals surface area contributed by atoms with E-state index in [4.69, 9.17) is 0 Å². The summed E-state index contributed by atoms with van der Waals surface area (Å²) in [4.78, 5) is 18.9. The van der Waals surface area contributed by atoms with Crippen molar-refractivity contribution < 1.29 is 4.92 Å². The van der Waals surface area contributed by atoms with E-state index >= 15 is 0 Å². The first-order valence-electron chi connectivity index (χ1n) is 6.35. The number of hydrogen-bond acceptors (Lipinski definition) is 5. The minimum Gasteiger partial charge on any atom is -0.336 e. The molecule has 106 valence electrons. The first kappa shape index (κ1) is 14.1. The zero-order valence-electron chi connectivity index (χ0n) is 11.5.